The van der Waals surface area contributed by atoms with Gasteiger partial charge in [-0.1, -0.05) is 24.3 Å². The van der Waals surface area contributed by atoms with E-state index in [0.717, 1.165) is 51.7 Å². The molecule has 6 nitrogen and oxygen atoms in total. The first-order valence-corrected chi connectivity index (χ1v) is 8.52. The lowest BCUT2D eigenvalue weighted by Crippen LogP contribution is -2.37. The van der Waals surface area contributed by atoms with Crippen LogP contribution in [-0.4, -0.2) is 52.6 Å². The van der Waals surface area contributed by atoms with Gasteiger partial charge in [0.25, 0.3) is 0 Å². The number of aliphatic imine (C=N–C) groups is 1. The standard InChI is InChI=1S/C18H29N3O3.HI/c1-19-18(20-8-4-9-24-17-7-10-23-14-17)21-12-15-5-3-6-16(11-15)13-22-2;/h3,5-6,11,17H,4,7-10,12-14H2,1-2H3,(H2,19,20,21);1H. The van der Waals surface area contributed by atoms with Crippen molar-refractivity contribution in [3.63, 3.8) is 0 Å². The molecular formula is C18H30IN3O3. The monoisotopic (exact) mass is 463 g/mol. The molecule has 1 aliphatic rings. The van der Waals surface area contributed by atoms with E-state index in [9.17, 15) is 0 Å². The third-order valence-electron chi connectivity index (χ3n) is 3.84. The first-order chi connectivity index (χ1) is 11.8. The highest BCUT2D eigenvalue weighted by atomic mass is 127. The smallest absolute Gasteiger partial charge is 0.191 e. The molecule has 2 rings (SSSR count). The summed E-state index contributed by atoms with van der Waals surface area (Å²) >= 11 is 0. The Morgan fingerprint density at radius 1 is 1.32 bits per heavy atom. The van der Waals surface area contributed by atoms with Crippen molar-refractivity contribution < 1.29 is 14.2 Å². The zero-order chi connectivity index (χ0) is 17.0. The molecule has 142 valence electrons. The fraction of sp³-hybridized carbons (Fsp3) is 0.611. The second-order valence-electron chi connectivity index (χ2n) is 5.82. The highest BCUT2D eigenvalue weighted by Crippen LogP contribution is 2.08. The van der Waals surface area contributed by atoms with Gasteiger partial charge < -0.3 is 24.8 Å². The summed E-state index contributed by atoms with van der Waals surface area (Å²) in [5.41, 5.74) is 2.38. The van der Waals surface area contributed by atoms with Crippen molar-refractivity contribution >= 4 is 29.9 Å². The summed E-state index contributed by atoms with van der Waals surface area (Å²) in [5, 5.41) is 6.63. The van der Waals surface area contributed by atoms with Crippen LogP contribution in [0.15, 0.2) is 29.3 Å². The Hall–Kier alpha value is -0.900. The van der Waals surface area contributed by atoms with E-state index in [1.165, 1.54) is 11.1 Å². The normalized spacial score (nSPS) is 17.2. The molecule has 1 heterocycles. The Kier molecular flexibility index (Phi) is 11.8. The molecule has 7 heteroatoms. The van der Waals surface area contributed by atoms with Crippen LogP contribution >= 0.6 is 24.0 Å². The van der Waals surface area contributed by atoms with E-state index in [2.05, 4.69) is 33.8 Å². The largest absolute Gasteiger partial charge is 0.380 e. The molecule has 25 heavy (non-hydrogen) atoms. The molecule has 1 atom stereocenters. The number of nitrogens with one attached hydrogen (secondary N) is 2. The lowest BCUT2D eigenvalue weighted by Gasteiger charge is -2.13. The van der Waals surface area contributed by atoms with E-state index in [1.54, 1.807) is 14.2 Å². The molecule has 0 saturated carbocycles. The maximum absolute atomic E-state index is 5.75. The molecule has 1 aliphatic heterocycles. The van der Waals surface area contributed by atoms with Crippen LogP contribution < -0.4 is 10.6 Å². The van der Waals surface area contributed by atoms with Crippen LogP contribution in [0.3, 0.4) is 0 Å². The fourth-order valence-corrected chi connectivity index (χ4v) is 2.58. The Balaban J connectivity index is 0.00000312. The van der Waals surface area contributed by atoms with Crippen LogP contribution in [0.2, 0.25) is 0 Å². The Morgan fingerprint density at radius 3 is 2.88 bits per heavy atom. The summed E-state index contributed by atoms with van der Waals surface area (Å²) in [6.07, 6.45) is 2.24. The summed E-state index contributed by atoms with van der Waals surface area (Å²) < 4.78 is 16.2. The van der Waals surface area contributed by atoms with Crippen LogP contribution in [0.25, 0.3) is 0 Å². The first kappa shape index (κ1) is 22.1. The van der Waals surface area contributed by atoms with Crippen LogP contribution in [0.4, 0.5) is 0 Å². The number of nitrogens with zero attached hydrogens (tertiary/aromatic N) is 1. The highest BCUT2D eigenvalue weighted by Gasteiger charge is 2.15. The SMILES string of the molecule is CN=C(NCCCOC1CCOC1)NCc1cccc(COC)c1.I. The number of halogens is 1. The molecule has 0 spiro atoms. The number of hydrogen-bond donors (Lipinski definition) is 2. The quantitative estimate of drug-likeness (QED) is 0.255. The number of hydrogen-bond acceptors (Lipinski definition) is 4. The van der Waals surface area contributed by atoms with Crippen LogP contribution in [-0.2, 0) is 27.4 Å². The van der Waals surface area contributed by atoms with E-state index in [-0.39, 0.29) is 30.1 Å². The average molecular weight is 463 g/mol. The van der Waals surface area contributed by atoms with E-state index in [4.69, 9.17) is 14.2 Å². The number of ether oxygens (including phenoxy) is 3. The van der Waals surface area contributed by atoms with Crippen molar-refractivity contribution in [3.05, 3.63) is 35.4 Å². The molecule has 1 aromatic carbocycles. The van der Waals surface area contributed by atoms with Crippen molar-refractivity contribution in [2.45, 2.75) is 32.1 Å². The van der Waals surface area contributed by atoms with E-state index >= 15 is 0 Å². The second-order valence-corrected chi connectivity index (χ2v) is 5.82. The molecule has 1 fully saturated rings. The van der Waals surface area contributed by atoms with Gasteiger partial charge in [-0.25, -0.2) is 0 Å². The van der Waals surface area contributed by atoms with Gasteiger partial charge >= 0.3 is 0 Å². The topological polar surface area (TPSA) is 64.1 Å². The summed E-state index contributed by atoms with van der Waals surface area (Å²) in [7, 11) is 3.49. The van der Waals surface area contributed by atoms with Gasteiger partial charge in [0.15, 0.2) is 5.96 Å². The molecular weight excluding hydrogens is 433 g/mol. The lowest BCUT2D eigenvalue weighted by atomic mass is 10.1. The summed E-state index contributed by atoms with van der Waals surface area (Å²) in [6.45, 7) is 4.50. The Bertz CT molecular complexity index is 508. The molecule has 0 bridgehead atoms. The van der Waals surface area contributed by atoms with Crippen molar-refractivity contribution in [2.24, 2.45) is 4.99 Å². The molecule has 0 aromatic heterocycles. The number of benzene rings is 1. The molecule has 0 amide bonds. The van der Waals surface area contributed by atoms with Crippen LogP contribution in [0, 0.1) is 0 Å². The summed E-state index contributed by atoms with van der Waals surface area (Å²) in [5.74, 6) is 0.802. The van der Waals surface area contributed by atoms with E-state index in [0.29, 0.717) is 6.61 Å². The highest BCUT2D eigenvalue weighted by molar-refractivity contribution is 14.0. The molecule has 0 radical (unpaired) electrons. The third-order valence-corrected chi connectivity index (χ3v) is 3.84. The van der Waals surface area contributed by atoms with Gasteiger partial charge in [-0.2, -0.15) is 0 Å². The maximum atomic E-state index is 5.75. The minimum atomic E-state index is 0. The predicted octanol–water partition coefficient (Wildman–Crippen LogP) is 2.31. The average Bonchev–Trinajstić information content (AvgIpc) is 3.11. The molecule has 1 saturated heterocycles. The summed E-state index contributed by atoms with van der Waals surface area (Å²) in [4.78, 5) is 4.25. The van der Waals surface area contributed by atoms with Gasteiger partial charge in [0, 0.05) is 40.5 Å². The zero-order valence-corrected chi connectivity index (χ0v) is 17.5. The van der Waals surface area contributed by atoms with Gasteiger partial charge in [-0.05, 0) is 24.0 Å². The third kappa shape index (κ3) is 8.84. The number of guanidine groups is 1. The zero-order valence-electron chi connectivity index (χ0n) is 15.1. The Morgan fingerprint density at radius 2 is 2.16 bits per heavy atom. The number of rotatable bonds is 9. The van der Waals surface area contributed by atoms with Gasteiger partial charge in [0.1, 0.15) is 0 Å². The first-order valence-electron chi connectivity index (χ1n) is 8.52. The van der Waals surface area contributed by atoms with Gasteiger partial charge in [0.05, 0.1) is 19.3 Å². The minimum Gasteiger partial charge on any atom is -0.380 e. The van der Waals surface area contributed by atoms with Crippen molar-refractivity contribution in [3.8, 4) is 0 Å². The molecule has 1 unspecified atom stereocenters. The van der Waals surface area contributed by atoms with Crippen molar-refractivity contribution in [1.29, 1.82) is 0 Å². The van der Waals surface area contributed by atoms with E-state index < -0.39 is 0 Å². The predicted molar refractivity (Wildman–Crippen MR) is 111 cm³/mol. The molecule has 0 aliphatic carbocycles. The summed E-state index contributed by atoms with van der Waals surface area (Å²) in [6, 6.07) is 8.35. The Labute approximate surface area is 167 Å². The minimum absolute atomic E-state index is 0. The van der Waals surface area contributed by atoms with Gasteiger partial charge in [-0.3, -0.25) is 4.99 Å². The van der Waals surface area contributed by atoms with Crippen LogP contribution in [0.5, 0.6) is 0 Å². The second kappa shape index (κ2) is 13.3. The maximum Gasteiger partial charge on any atom is 0.191 e. The van der Waals surface area contributed by atoms with Gasteiger partial charge in [0.2, 0.25) is 0 Å². The molecule has 2 N–H and O–H groups in total. The van der Waals surface area contributed by atoms with Crippen LogP contribution in [0.1, 0.15) is 24.0 Å². The van der Waals surface area contributed by atoms with Crippen molar-refractivity contribution in [2.75, 3.05) is 40.5 Å². The van der Waals surface area contributed by atoms with E-state index in [1.807, 2.05) is 6.07 Å². The lowest BCUT2D eigenvalue weighted by molar-refractivity contribution is 0.0420. The van der Waals surface area contributed by atoms with Gasteiger partial charge in [-0.15, -0.1) is 24.0 Å². The fourth-order valence-electron chi connectivity index (χ4n) is 2.58. The number of methoxy groups -OCH3 is 1. The van der Waals surface area contributed by atoms with Crippen molar-refractivity contribution in [1.82, 2.24) is 10.6 Å². The molecule has 1 aromatic rings.